The summed E-state index contributed by atoms with van der Waals surface area (Å²) in [6.07, 6.45) is 2.06. The van der Waals surface area contributed by atoms with Gasteiger partial charge in [-0.1, -0.05) is 19.9 Å². The van der Waals surface area contributed by atoms with Gasteiger partial charge >= 0.3 is 0 Å². The smallest absolute Gasteiger partial charge is 0.123 e. The number of hydrogen-bond acceptors (Lipinski definition) is 1. The first-order chi connectivity index (χ1) is 8.91. The van der Waals surface area contributed by atoms with Gasteiger partial charge in [0.2, 0.25) is 0 Å². The molecule has 0 aliphatic heterocycles. The number of hydrogen-bond donors (Lipinski definition) is 1. The molecule has 1 aromatic heterocycles. The van der Waals surface area contributed by atoms with Crippen molar-refractivity contribution in [1.82, 2.24) is 4.57 Å². The molecule has 2 N–H and O–H groups in total. The fourth-order valence-corrected chi connectivity index (χ4v) is 3.14. The second kappa shape index (κ2) is 3.94. The van der Waals surface area contributed by atoms with Crippen LogP contribution in [0.3, 0.4) is 0 Å². The Morgan fingerprint density at radius 2 is 2.00 bits per heavy atom. The van der Waals surface area contributed by atoms with Crippen molar-refractivity contribution < 1.29 is 4.39 Å². The molecule has 1 aliphatic carbocycles. The van der Waals surface area contributed by atoms with Crippen LogP contribution in [0.2, 0.25) is 0 Å². The van der Waals surface area contributed by atoms with E-state index in [1.807, 2.05) is 13.0 Å². The minimum Gasteiger partial charge on any atom is -0.346 e. The lowest BCUT2D eigenvalue weighted by Gasteiger charge is -2.19. The summed E-state index contributed by atoms with van der Waals surface area (Å²) in [5.74, 6) is -0.184. The second-order valence-electron chi connectivity index (χ2n) is 6.02. The van der Waals surface area contributed by atoms with Crippen LogP contribution in [-0.2, 0) is 12.0 Å². The van der Waals surface area contributed by atoms with Gasteiger partial charge in [0.25, 0.3) is 0 Å². The lowest BCUT2D eigenvalue weighted by Crippen LogP contribution is -2.22. The minimum absolute atomic E-state index is 0.0680. The van der Waals surface area contributed by atoms with E-state index in [-0.39, 0.29) is 17.3 Å². The summed E-state index contributed by atoms with van der Waals surface area (Å²) in [6, 6.07) is 7.30. The van der Waals surface area contributed by atoms with Crippen LogP contribution in [0.15, 0.2) is 30.5 Å². The number of nitrogens with zero attached hydrogens (tertiary/aromatic N) is 1. The van der Waals surface area contributed by atoms with Gasteiger partial charge in [0.1, 0.15) is 5.82 Å². The summed E-state index contributed by atoms with van der Waals surface area (Å²) >= 11 is 0. The Kier molecular flexibility index (Phi) is 2.58. The average molecular weight is 258 g/mol. The molecule has 0 amide bonds. The van der Waals surface area contributed by atoms with E-state index in [2.05, 4.69) is 30.7 Å². The zero-order valence-electron chi connectivity index (χ0n) is 11.6. The molecule has 3 rings (SSSR count). The molecular weight excluding hydrogens is 239 g/mol. The molecule has 0 saturated heterocycles. The van der Waals surface area contributed by atoms with E-state index < -0.39 is 0 Å². The number of rotatable bonds is 2. The Labute approximate surface area is 113 Å². The molecule has 0 unspecified atom stereocenters. The molecule has 3 heteroatoms. The fourth-order valence-electron chi connectivity index (χ4n) is 3.14. The maximum Gasteiger partial charge on any atom is 0.123 e. The predicted molar refractivity (Wildman–Crippen MR) is 75.6 cm³/mol. The number of halogens is 1. The van der Waals surface area contributed by atoms with Crippen molar-refractivity contribution >= 4 is 0 Å². The van der Waals surface area contributed by atoms with E-state index in [4.69, 9.17) is 5.73 Å². The van der Waals surface area contributed by atoms with E-state index in [0.717, 1.165) is 17.8 Å². The van der Waals surface area contributed by atoms with Gasteiger partial charge in [-0.2, -0.15) is 0 Å². The normalized spacial score (nSPS) is 17.1. The summed E-state index contributed by atoms with van der Waals surface area (Å²) in [5, 5.41) is 0. The van der Waals surface area contributed by atoms with Crippen molar-refractivity contribution in [3.05, 3.63) is 47.4 Å². The van der Waals surface area contributed by atoms with Crippen LogP contribution in [-0.4, -0.2) is 10.6 Å². The molecule has 1 heterocycles. The lowest BCUT2D eigenvalue weighted by molar-refractivity contribution is 0.595. The highest BCUT2D eigenvalue weighted by molar-refractivity contribution is 5.78. The molecular formula is C16H19FN2. The molecule has 1 aromatic carbocycles. The number of fused-ring (bicyclic) bond motifs is 3. The van der Waals surface area contributed by atoms with Crippen LogP contribution < -0.4 is 5.73 Å². The highest BCUT2D eigenvalue weighted by Gasteiger charge is 2.37. The molecule has 0 saturated carbocycles. The summed E-state index contributed by atoms with van der Waals surface area (Å²) in [4.78, 5) is 0. The van der Waals surface area contributed by atoms with E-state index >= 15 is 0 Å². The predicted octanol–water partition coefficient (Wildman–Crippen LogP) is 3.28. The maximum absolute atomic E-state index is 13.6. The monoisotopic (exact) mass is 258 g/mol. The van der Waals surface area contributed by atoms with Crippen LogP contribution in [0.25, 0.3) is 11.3 Å². The standard InChI is InChI=1S/C16H19FN2/c1-10(18)9-19-7-6-14-15(19)12-8-11(17)4-5-13(12)16(14,2)3/h4-8,10H,9,18H2,1-3H3/t10-/m0/s1. The van der Waals surface area contributed by atoms with Gasteiger partial charge in [-0.05, 0) is 36.2 Å². The third-order valence-electron chi connectivity index (χ3n) is 4.03. The third-order valence-corrected chi connectivity index (χ3v) is 4.03. The first-order valence-corrected chi connectivity index (χ1v) is 6.67. The van der Waals surface area contributed by atoms with Crippen LogP contribution in [0, 0.1) is 5.82 Å². The Hall–Kier alpha value is -1.61. The first kappa shape index (κ1) is 12.4. The summed E-state index contributed by atoms with van der Waals surface area (Å²) in [7, 11) is 0. The number of benzene rings is 1. The van der Waals surface area contributed by atoms with Crippen LogP contribution >= 0.6 is 0 Å². The van der Waals surface area contributed by atoms with Gasteiger partial charge in [-0.3, -0.25) is 0 Å². The summed E-state index contributed by atoms with van der Waals surface area (Å²) in [5.41, 5.74) is 10.4. The van der Waals surface area contributed by atoms with Crippen LogP contribution in [0.5, 0.6) is 0 Å². The molecule has 2 aromatic rings. The van der Waals surface area contributed by atoms with Gasteiger partial charge < -0.3 is 10.3 Å². The zero-order chi connectivity index (χ0) is 13.8. The van der Waals surface area contributed by atoms with Crippen molar-refractivity contribution in [2.24, 2.45) is 5.73 Å². The molecule has 0 fully saturated rings. The minimum atomic E-state index is -0.184. The molecule has 2 nitrogen and oxygen atoms in total. The Bertz CT molecular complexity index is 638. The highest BCUT2D eigenvalue weighted by Crippen LogP contribution is 2.49. The van der Waals surface area contributed by atoms with E-state index in [9.17, 15) is 4.39 Å². The molecule has 1 aliphatic rings. The van der Waals surface area contributed by atoms with Crippen molar-refractivity contribution in [2.45, 2.75) is 38.8 Å². The largest absolute Gasteiger partial charge is 0.346 e. The lowest BCUT2D eigenvalue weighted by atomic mass is 9.83. The Morgan fingerprint density at radius 3 is 2.68 bits per heavy atom. The van der Waals surface area contributed by atoms with Crippen LogP contribution in [0.1, 0.15) is 31.9 Å². The van der Waals surface area contributed by atoms with Gasteiger partial charge in [0, 0.05) is 29.8 Å². The molecule has 100 valence electrons. The van der Waals surface area contributed by atoms with Gasteiger partial charge in [-0.15, -0.1) is 0 Å². The van der Waals surface area contributed by atoms with Crippen molar-refractivity contribution in [3.8, 4) is 11.3 Å². The van der Waals surface area contributed by atoms with Gasteiger partial charge in [0.05, 0.1) is 5.69 Å². The van der Waals surface area contributed by atoms with Gasteiger partial charge in [0.15, 0.2) is 0 Å². The van der Waals surface area contributed by atoms with E-state index in [1.165, 1.54) is 11.1 Å². The van der Waals surface area contributed by atoms with Crippen molar-refractivity contribution in [1.29, 1.82) is 0 Å². The topological polar surface area (TPSA) is 30.9 Å². The Morgan fingerprint density at radius 1 is 1.26 bits per heavy atom. The molecule has 19 heavy (non-hydrogen) atoms. The van der Waals surface area contributed by atoms with Crippen molar-refractivity contribution in [3.63, 3.8) is 0 Å². The SMILES string of the molecule is C[C@H](N)Cn1ccc2c1-c1cc(F)ccc1C2(C)C. The average Bonchev–Trinajstić information content (AvgIpc) is 2.79. The number of nitrogens with two attached hydrogens (primary N) is 1. The molecule has 1 atom stereocenters. The van der Waals surface area contributed by atoms with Gasteiger partial charge in [-0.25, -0.2) is 4.39 Å². The molecule has 0 spiro atoms. The quantitative estimate of drug-likeness (QED) is 0.880. The zero-order valence-corrected chi connectivity index (χ0v) is 11.6. The molecule has 0 bridgehead atoms. The third kappa shape index (κ3) is 1.72. The fraction of sp³-hybridized carbons (Fsp3) is 0.375. The first-order valence-electron chi connectivity index (χ1n) is 6.67. The maximum atomic E-state index is 13.6. The highest BCUT2D eigenvalue weighted by atomic mass is 19.1. The molecule has 0 radical (unpaired) electrons. The van der Waals surface area contributed by atoms with E-state index in [1.54, 1.807) is 12.1 Å². The summed E-state index contributed by atoms with van der Waals surface area (Å²) in [6.45, 7) is 7.11. The second-order valence-corrected chi connectivity index (χ2v) is 6.02. The summed E-state index contributed by atoms with van der Waals surface area (Å²) < 4.78 is 15.7. The number of aromatic nitrogens is 1. The van der Waals surface area contributed by atoms with Crippen LogP contribution in [0.4, 0.5) is 4.39 Å². The van der Waals surface area contributed by atoms with Crippen molar-refractivity contribution in [2.75, 3.05) is 0 Å². The Balaban J connectivity index is 2.24. The van der Waals surface area contributed by atoms with E-state index in [0.29, 0.717) is 0 Å².